The van der Waals surface area contributed by atoms with E-state index in [0.29, 0.717) is 6.04 Å². The van der Waals surface area contributed by atoms with E-state index in [1.165, 1.54) is 25.1 Å². The highest BCUT2D eigenvalue weighted by Crippen LogP contribution is 2.29. The molecule has 2 heterocycles. The Morgan fingerprint density at radius 1 is 1.53 bits per heavy atom. The SMILES string of the molecule is C/C=C\c1nc(C2CCCN2C)[nH]c1C. The molecule has 1 N–H and O–H groups in total. The fraction of sp³-hybridized carbons (Fsp3) is 0.583. The lowest BCUT2D eigenvalue weighted by Crippen LogP contribution is -2.18. The second-order valence-electron chi connectivity index (χ2n) is 4.27. The van der Waals surface area contributed by atoms with Gasteiger partial charge in [-0.2, -0.15) is 0 Å². The van der Waals surface area contributed by atoms with Crippen LogP contribution in [0.15, 0.2) is 6.08 Å². The van der Waals surface area contributed by atoms with Gasteiger partial charge in [0.1, 0.15) is 5.82 Å². The van der Waals surface area contributed by atoms with Gasteiger partial charge in [0.05, 0.1) is 11.7 Å². The summed E-state index contributed by atoms with van der Waals surface area (Å²) in [5, 5.41) is 0. The summed E-state index contributed by atoms with van der Waals surface area (Å²) in [5.74, 6) is 1.13. The van der Waals surface area contributed by atoms with Gasteiger partial charge in [0.2, 0.25) is 0 Å². The standard InChI is InChI=1S/C12H19N3/c1-4-6-10-9(2)13-12(14-10)11-7-5-8-15(11)3/h4,6,11H,5,7-8H2,1-3H3,(H,13,14)/b6-4-. The van der Waals surface area contributed by atoms with E-state index in [0.717, 1.165) is 11.5 Å². The molecule has 1 aliphatic heterocycles. The third-order valence-corrected chi connectivity index (χ3v) is 3.10. The number of allylic oxidation sites excluding steroid dienone is 1. The van der Waals surface area contributed by atoms with Crippen LogP contribution in [0.1, 0.15) is 43.0 Å². The molecule has 1 aromatic heterocycles. The third kappa shape index (κ3) is 1.97. The first-order valence-electron chi connectivity index (χ1n) is 5.62. The van der Waals surface area contributed by atoms with Gasteiger partial charge in [0.25, 0.3) is 0 Å². The van der Waals surface area contributed by atoms with Crippen LogP contribution in [0.5, 0.6) is 0 Å². The van der Waals surface area contributed by atoms with Crippen molar-refractivity contribution in [3.63, 3.8) is 0 Å². The van der Waals surface area contributed by atoms with Crippen LogP contribution in [0.3, 0.4) is 0 Å². The van der Waals surface area contributed by atoms with E-state index in [4.69, 9.17) is 0 Å². The molecular weight excluding hydrogens is 186 g/mol. The number of imidazole rings is 1. The Labute approximate surface area is 91.2 Å². The first-order chi connectivity index (χ1) is 7.22. The number of hydrogen-bond acceptors (Lipinski definition) is 2. The molecule has 0 aliphatic carbocycles. The van der Waals surface area contributed by atoms with Gasteiger partial charge in [-0.25, -0.2) is 4.98 Å². The Kier molecular flexibility index (Phi) is 2.91. The second-order valence-corrected chi connectivity index (χ2v) is 4.27. The lowest BCUT2D eigenvalue weighted by molar-refractivity contribution is 0.307. The van der Waals surface area contributed by atoms with Gasteiger partial charge in [-0.3, -0.25) is 4.90 Å². The Morgan fingerprint density at radius 2 is 2.33 bits per heavy atom. The molecule has 1 unspecified atom stereocenters. The number of H-pyrrole nitrogens is 1. The van der Waals surface area contributed by atoms with E-state index in [1.807, 2.05) is 13.0 Å². The molecule has 15 heavy (non-hydrogen) atoms. The van der Waals surface area contributed by atoms with Gasteiger partial charge in [-0.15, -0.1) is 0 Å². The van der Waals surface area contributed by atoms with Crippen molar-refractivity contribution in [2.75, 3.05) is 13.6 Å². The third-order valence-electron chi connectivity index (χ3n) is 3.10. The van der Waals surface area contributed by atoms with Crippen molar-refractivity contribution in [1.82, 2.24) is 14.9 Å². The van der Waals surface area contributed by atoms with Crippen LogP contribution in [-0.2, 0) is 0 Å². The van der Waals surface area contributed by atoms with Gasteiger partial charge >= 0.3 is 0 Å². The van der Waals surface area contributed by atoms with Crippen molar-refractivity contribution in [3.05, 3.63) is 23.3 Å². The van der Waals surface area contributed by atoms with E-state index >= 15 is 0 Å². The Morgan fingerprint density at radius 3 is 2.93 bits per heavy atom. The molecule has 1 fully saturated rings. The molecule has 3 nitrogen and oxygen atoms in total. The van der Waals surface area contributed by atoms with E-state index in [2.05, 4.69) is 34.9 Å². The molecule has 3 heteroatoms. The highest BCUT2D eigenvalue weighted by molar-refractivity contribution is 5.47. The molecule has 0 saturated carbocycles. The van der Waals surface area contributed by atoms with Crippen molar-refractivity contribution < 1.29 is 0 Å². The maximum atomic E-state index is 4.65. The number of aromatic amines is 1. The number of hydrogen-bond donors (Lipinski definition) is 1. The zero-order valence-corrected chi connectivity index (χ0v) is 9.75. The van der Waals surface area contributed by atoms with E-state index < -0.39 is 0 Å². The van der Waals surface area contributed by atoms with Gasteiger partial charge in [0, 0.05) is 5.69 Å². The molecule has 0 aromatic carbocycles. The molecule has 1 atom stereocenters. The molecule has 1 aliphatic rings. The van der Waals surface area contributed by atoms with Gasteiger partial charge in [0.15, 0.2) is 0 Å². The Bertz CT molecular complexity index is 365. The van der Waals surface area contributed by atoms with Crippen LogP contribution < -0.4 is 0 Å². The smallest absolute Gasteiger partial charge is 0.124 e. The summed E-state index contributed by atoms with van der Waals surface area (Å²) in [6, 6.07) is 0.489. The molecule has 1 aromatic rings. The minimum atomic E-state index is 0.489. The molecule has 0 bridgehead atoms. The normalized spacial score (nSPS) is 23.0. The van der Waals surface area contributed by atoms with Crippen molar-refractivity contribution in [2.24, 2.45) is 0 Å². The van der Waals surface area contributed by atoms with Crippen molar-refractivity contribution in [2.45, 2.75) is 32.7 Å². The van der Waals surface area contributed by atoms with Crippen LogP contribution in [0, 0.1) is 6.92 Å². The van der Waals surface area contributed by atoms with Crippen LogP contribution in [0.25, 0.3) is 6.08 Å². The van der Waals surface area contributed by atoms with Crippen LogP contribution in [0.2, 0.25) is 0 Å². The second kappa shape index (κ2) is 4.19. The summed E-state index contributed by atoms with van der Waals surface area (Å²) in [6.07, 6.45) is 6.59. The largest absolute Gasteiger partial charge is 0.344 e. The topological polar surface area (TPSA) is 31.9 Å². The average Bonchev–Trinajstić information content (AvgIpc) is 2.75. The molecule has 0 radical (unpaired) electrons. The Balaban J connectivity index is 2.25. The summed E-state index contributed by atoms with van der Waals surface area (Å²) in [4.78, 5) is 10.4. The molecular formula is C12H19N3. The number of nitrogens with zero attached hydrogens (tertiary/aromatic N) is 2. The van der Waals surface area contributed by atoms with E-state index in [1.54, 1.807) is 0 Å². The summed E-state index contributed by atoms with van der Waals surface area (Å²) < 4.78 is 0. The number of aryl methyl sites for hydroxylation is 1. The van der Waals surface area contributed by atoms with Gasteiger partial charge < -0.3 is 4.98 Å². The maximum absolute atomic E-state index is 4.65. The minimum Gasteiger partial charge on any atom is -0.344 e. The maximum Gasteiger partial charge on any atom is 0.124 e. The molecule has 1 saturated heterocycles. The van der Waals surface area contributed by atoms with Crippen molar-refractivity contribution in [1.29, 1.82) is 0 Å². The first kappa shape index (κ1) is 10.4. The highest BCUT2D eigenvalue weighted by Gasteiger charge is 2.25. The van der Waals surface area contributed by atoms with Crippen molar-refractivity contribution in [3.8, 4) is 0 Å². The molecule has 0 amide bonds. The zero-order valence-electron chi connectivity index (χ0n) is 9.75. The highest BCUT2D eigenvalue weighted by atomic mass is 15.2. The summed E-state index contributed by atoms with van der Waals surface area (Å²) >= 11 is 0. The number of aromatic nitrogens is 2. The first-order valence-corrected chi connectivity index (χ1v) is 5.62. The summed E-state index contributed by atoms with van der Waals surface area (Å²) in [7, 11) is 2.17. The lowest BCUT2D eigenvalue weighted by atomic mass is 10.2. The number of likely N-dealkylation sites (tertiary alicyclic amines) is 1. The van der Waals surface area contributed by atoms with E-state index in [9.17, 15) is 0 Å². The molecule has 0 spiro atoms. The van der Waals surface area contributed by atoms with Crippen LogP contribution in [0.4, 0.5) is 0 Å². The minimum absolute atomic E-state index is 0.489. The zero-order chi connectivity index (χ0) is 10.8. The Hall–Kier alpha value is -1.09. The number of rotatable bonds is 2. The van der Waals surface area contributed by atoms with Crippen LogP contribution in [-0.4, -0.2) is 28.5 Å². The number of nitrogens with one attached hydrogen (secondary N) is 1. The summed E-state index contributed by atoms with van der Waals surface area (Å²) in [5.41, 5.74) is 2.25. The average molecular weight is 205 g/mol. The molecule has 2 rings (SSSR count). The quantitative estimate of drug-likeness (QED) is 0.804. The lowest BCUT2D eigenvalue weighted by Gasteiger charge is -2.16. The fourth-order valence-corrected chi connectivity index (χ4v) is 2.23. The van der Waals surface area contributed by atoms with Crippen LogP contribution >= 0.6 is 0 Å². The van der Waals surface area contributed by atoms with Gasteiger partial charge in [-0.05, 0) is 46.4 Å². The monoisotopic (exact) mass is 205 g/mol. The van der Waals surface area contributed by atoms with E-state index in [-0.39, 0.29) is 0 Å². The predicted molar refractivity (Wildman–Crippen MR) is 62.6 cm³/mol. The fourth-order valence-electron chi connectivity index (χ4n) is 2.23. The van der Waals surface area contributed by atoms with Gasteiger partial charge in [-0.1, -0.05) is 6.08 Å². The predicted octanol–water partition coefficient (Wildman–Crippen LogP) is 2.52. The van der Waals surface area contributed by atoms with Crippen molar-refractivity contribution >= 4 is 6.08 Å². The molecule has 82 valence electrons. The summed E-state index contributed by atoms with van der Waals surface area (Å²) in [6.45, 7) is 5.29.